The van der Waals surface area contributed by atoms with Crippen LogP contribution in [0.3, 0.4) is 0 Å². The fourth-order valence-electron chi connectivity index (χ4n) is 2.21. The first-order chi connectivity index (χ1) is 8.97. The molecule has 0 saturated carbocycles. The maximum atomic E-state index is 12.1. The third kappa shape index (κ3) is 3.01. The SMILES string of the molecule is CC(=O)NC1CCN(C(=O)C2CC(C(=O)O)=NO2)C1. The maximum Gasteiger partial charge on any atom is 0.353 e. The predicted octanol–water partition coefficient (Wildman–Crippen LogP) is -1.05. The number of hydrogen-bond acceptors (Lipinski definition) is 5. The second-order valence-corrected chi connectivity index (χ2v) is 4.61. The first kappa shape index (κ1) is 13.3. The van der Waals surface area contributed by atoms with Crippen molar-refractivity contribution in [3.63, 3.8) is 0 Å². The van der Waals surface area contributed by atoms with E-state index in [1.807, 2.05) is 0 Å². The second kappa shape index (κ2) is 5.25. The lowest BCUT2D eigenvalue weighted by molar-refractivity contribution is -0.141. The van der Waals surface area contributed by atoms with Crippen LogP contribution in [0.25, 0.3) is 0 Å². The lowest BCUT2D eigenvalue weighted by Crippen LogP contribution is -2.41. The summed E-state index contributed by atoms with van der Waals surface area (Å²) in [7, 11) is 0. The van der Waals surface area contributed by atoms with Gasteiger partial charge in [0.05, 0.1) is 0 Å². The van der Waals surface area contributed by atoms with Gasteiger partial charge >= 0.3 is 5.97 Å². The molecule has 0 radical (unpaired) electrons. The van der Waals surface area contributed by atoms with Crippen molar-refractivity contribution in [2.24, 2.45) is 5.16 Å². The van der Waals surface area contributed by atoms with Gasteiger partial charge in [-0.2, -0.15) is 0 Å². The van der Waals surface area contributed by atoms with E-state index in [2.05, 4.69) is 10.5 Å². The second-order valence-electron chi connectivity index (χ2n) is 4.61. The first-order valence-electron chi connectivity index (χ1n) is 5.99. The molecule has 8 heteroatoms. The molecule has 0 spiro atoms. The van der Waals surface area contributed by atoms with E-state index in [1.54, 1.807) is 4.90 Å². The van der Waals surface area contributed by atoms with Gasteiger partial charge < -0.3 is 20.2 Å². The topological polar surface area (TPSA) is 108 Å². The van der Waals surface area contributed by atoms with Crippen LogP contribution in [0, 0.1) is 0 Å². The molecular formula is C11H15N3O5. The number of nitrogens with one attached hydrogen (secondary N) is 1. The minimum Gasteiger partial charge on any atom is -0.477 e. The Kier molecular flexibility index (Phi) is 3.68. The van der Waals surface area contributed by atoms with Crippen molar-refractivity contribution in [2.45, 2.75) is 31.9 Å². The smallest absolute Gasteiger partial charge is 0.353 e. The summed E-state index contributed by atoms with van der Waals surface area (Å²) in [6.45, 7) is 2.37. The number of nitrogens with zero attached hydrogens (tertiary/aromatic N) is 2. The quantitative estimate of drug-likeness (QED) is 0.679. The third-order valence-electron chi connectivity index (χ3n) is 3.10. The van der Waals surface area contributed by atoms with Crippen LogP contribution in [0.5, 0.6) is 0 Å². The molecule has 8 nitrogen and oxygen atoms in total. The van der Waals surface area contributed by atoms with Crippen molar-refractivity contribution in [3.8, 4) is 0 Å². The Morgan fingerprint density at radius 2 is 2.21 bits per heavy atom. The average Bonchev–Trinajstić information content (AvgIpc) is 2.95. The summed E-state index contributed by atoms with van der Waals surface area (Å²) >= 11 is 0. The van der Waals surface area contributed by atoms with E-state index in [0.717, 1.165) is 0 Å². The van der Waals surface area contributed by atoms with Crippen molar-refractivity contribution in [3.05, 3.63) is 0 Å². The molecule has 0 aromatic rings. The van der Waals surface area contributed by atoms with Gasteiger partial charge in [0.2, 0.25) is 12.0 Å². The molecule has 104 valence electrons. The minimum atomic E-state index is -1.17. The Morgan fingerprint density at radius 3 is 2.79 bits per heavy atom. The van der Waals surface area contributed by atoms with Gasteiger partial charge in [-0.1, -0.05) is 5.16 Å². The molecule has 0 aromatic carbocycles. The standard InChI is InChI=1S/C11H15N3O5/c1-6(15)12-7-2-3-14(5-7)10(16)9-4-8(11(17)18)13-19-9/h7,9H,2-5H2,1H3,(H,12,15)(H,17,18). The molecule has 0 bridgehead atoms. The molecular weight excluding hydrogens is 254 g/mol. The summed E-state index contributed by atoms with van der Waals surface area (Å²) in [5, 5.41) is 14.9. The fourth-order valence-corrected chi connectivity index (χ4v) is 2.21. The van der Waals surface area contributed by atoms with Gasteiger partial charge in [-0.25, -0.2) is 4.79 Å². The van der Waals surface area contributed by atoms with Crippen LogP contribution >= 0.6 is 0 Å². The fraction of sp³-hybridized carbons (Fsp3) is 0.636. The van der Waals surface area contributed by atoms with Crippen molar-refractivity contribution in [1.82, 2.24) is 10.2 Å². The Morgan fingerprint density at radius 1 is 1.47 bits per heavy atom. The minimum absolute atomic E-state index is 0.0184. The van der Waals surface area contributed by atoms with Crippen molar-refractivity contribution < 1.29 is 24.3 Å². The monoisotopic (exact) mass is 269 g/mol. The van der Waals surface area contributed by atoms with E-state index >= 15 is 0 Å². The molecule has 2 amide bonds. The molecule has 1 saturated heterocycles. The summed E-state index contributed by atoms with van der Waals surface area (Å²) in [6, 6.07) is -0.0530. The van der Waals surface area contributed by atoms with E-state index in [-0.39, 0.29) is 30.0 Å². The zero-order valence-electron chi connectivity index (χ0n) is 10.5. The maximum absolute atomic E-state index is 12.1. The average molecular weight is 269 g/mol. The van der Waals surface area contributed by atoms with Gasteiger partial charge in [-0.3, -0.25) is 9.59 Å². The van der Waals surface area contributed by atoms with E-state index in [0.29, 0.717) is 19.5 Å². The lowest BCUT2D eigenvalue weighted by Gasteiger charge is -2.19. The number of amides is 2. The first-order valence-corrected chi connectivity index (χ1v) is 5.99. The number of carbonyl (C=O) groups is 3. The molecule has 2 heterocycles. The highest BCUT2D eigenvalue weighted by molar-refractivity contribution is 6.36. The molecule has 1 fully saturated rings. The zero-order valence-corrected chi connectivity index (χ0v) is 10.5. The van der Waals surface area contributed by atoms with Crippen molar-refractivity contribution in [1.29, 1.82) is 0 Å². The summed E-state index contributed by atoms with van der Waals surface area (Å²) < 4.78 is 0. The predicted molar refractivity (Wildman–Crippen MR) is 63.4 cm³/mol. The van der Waals surface area contributed by atoms with Gasteiger partial charge in [-0.15, -0.1) is 0 Å². The van der Waals surface area contributed by atoms with Gasteiger partial charge in [-0.05, 0) is 6.42 Å². The van der Waals surface area contributed by atoms with Gasteiger partial charge in [0.15, 0.2) is 5.71 Å². The van der Waals surface area contributed by atoms with Crippen molar-refractivity contribution in [2.75, 3.05) is 13.1 Å². The van der Waals surface area contributed by atoms with E-state index in [1.165, 1.54) is 6.92 Å². The highest BCUT2D eigenvalue weighted by Crippen LogP contribution is 2.17. The number of carbonyl (C=O) groups excluding carboxylic acids is 2. The summed E-state index contributed by atoms with van der Waals surface area (Å²) in [5.74, 6) is -1.59. The highest BCUT2D eigenvalue weighted by Gasteiger charge is 2.37. The molecule has 2 unspecified atom stereocenters. The molecule has 2 atom stereocenters. The Hall–Kier alpha value is -2.12. The molecule has 2 aliphatic heterocycles. The van der Waals surface area contributed by atoms with Gasteiger partial charge in [0.1, 0.15) is 0 Å². The number of rotatable bonds is 3. The van der Waals surface area contributed by atoms with Crippen LogP contribution in [-0.4, -0.2) is 58.7 Å². The number of carboxylic acids is 1. The Labute approximate surface area is 109 Å². The molecule has 0 aliphatic carbocycles. The summed E-state index contributed by atoms with van der Waals surface area (Å²) in [4.78, 5) is 40.1. The van der Waals surface area contributed by atoms with Crippen LogP contribution in [-0.2, 0) is 19.2 Å². The van der Waals surface area contributed by atoms with E-state index in [9.17, 15) is 14.4 Å². The van der Waals surface area contributed by atoms with Crippen LogP contribution in [0.4, 0.5) is 0 Å². The van der Waals surface area contributed by atoms with E-state index < -0.39 is 12.1 Å². The molecule has 2 N–H and O–H groups in total. The number of likely N-dealkylation sites (tertiary alicyclic amines) is 1. The normalized spacial score (nSPS) is 25.7. The molecule has 2 aliphatic rings. The van der Waals surface area contributed by atoms with Crippen LogP contribution < -0.4 is 5.32 Å². The Balaban J connectivity index is 1.86. The largest absolute Gasteiger partial charge is 0.477 e. The molecule has 2 rings (SSSR count). The number of hydrogen-bond donors (Lipinski definition) is 2. The molecule has 19 heavy (non-hydrogen) atoms. The summed E-state index contributed by atoms with van der Waals surface area (Å²) in [5.41, 5.74) is -0.143. The van der Waals surface area contributed by atoms with Crippen LogP contribution in [0.1, 0.15) is 19.8 Å². The lowest BCUT2D eigenvalue weighted by atomic mass is 10.1. The highest BCUT2D eigenvalue weighted by atomic mass is 16.6. The number of aliphatic carboxylic acids is 1. The van der Waals surface area contributed by atoms with Crippen LogP contribution in [0.15, 0.2) is 5.16 Å². The summed E-state index contributed by atoms with van der Waals surface area (Å²) in [6.07, 6.45) is -0.192. The van der Waals surface area contributed by atoms with E-state index in [4.69, 9.17) is 9.94 Å². The zero-order chi connectivity index (χ0) is 14.0. The Bertz CT molecular complexity index is 448. The van der Waals surface area contributed by atoms with Gasteiger partial charge in [0, 0.05) is 32.5 Å². The van der Waals surface area contributed by atoms with Crippen molar-refractivity contribution >= 4 is 23.5 Å². The third-order valence-corrected chi connectivity index (χ3v) is 3.10. The number of carboxylic acid groups (broad SMARTS) is 1. The van der Waals surface area contributed by atoms with Crippen LogP contribution in [0.2, 0.25) is 0 Å². The number of oxime groups is 1. The molecule has 0 aromatic heterocycles. The van der Waals surface area contributed by atoms with Gasteiger partial charge in [0.25, 0.3) is 5.91 Å².